The molecule has 94 valence electrons. The number of nitrogens with one attached hydrogen (secondary N) is 1. The number of esters is 1. The van der Waals surface area contributed by atoms with Gasteiger partial charge in [-0.1, -0.05) is 17.7 Å². The van der Waals surface area contributed by atoms with Crippen molar-refractivity contribution >= 4 is 29.0 Å². The van der Waals surface area contributed by atoms with Crippen molar-refractivity contribution in [1.82, 2.24) is 0 Å². The van der Waals surface area contributed by atoms with Crippen LogP contribution in [0.5, 0.6) is 0 Å². The van der Waals surface area contributed by atoms with Crippen LogP contribution in [0, 0.1) is 11.3 Å². The van der Waals surface area contributed by atoms with Crippen molar-refractivity contribution < 1.29 is 9.53 Å². The van der Waals surface area contributed by atoms with Gasteiger partial charge in [0.15, 0.2) is 0 Å². The first-order valence-electron chi connectivity index (χ1n) is 5.23. The number of anilines is 1. The molecule has 18 heavy (non-hydrogen) atoms. The molecule has 0 unspecified atom stereocenters. The van der Waals surface area contributed by atoms with Gasteiger partial charge >= 0.3 is 5.97 Å². The van der Waals surface area contributed by atoms with Crippen LogP contribution in [-0.2, 0) is 9.53 Å². The highest BCUT2D eigenvalue weighted by atomic mass is 35.5. The highest BCUT2D eigenvalue weighted by Crippen LogP contribution is 2.14. The van der Waals surface area contributed by atoms with Crippen LogP contribution in [-0.4, -0.2) is 17.8 Å². The maximum Gasteiger partial charge on any atom is 0.370 e. The second-order valence-corrected chi connectivity index (χ2v) is 4.08. The molecular weight excluding hydrogens is 254 g/mol. The molecule has 1 N–H and O–H groups in total. The average molecular weight is 266 g/mol. The molecule has 0 radical (unpaired) electrons. The number of benzene rings is 1. The Morgan fingerprint density at radius 2 is 2.28 bits per heavy atom. The summed E-state index contributed by atoms with van der Waals surface area (Å²) in [4.78, 5) is 11.4. The molecule has 0 aliphatic carbocycles. The van der Waals surface area contributed by atoms with Crippen LogP contribution in [0.4, 0.5) is 5.69 Å². The van der Waals surface area contributed by atoms with Crippen molar-refractivity contribution in [2.45, 2.75) is 20.0 Å². The zero-order chi connectivity index (χ0) is 13.5. The molecule has 0 amide bonds. The molecule has 0 bridgehead atoms. The maximum atomic E-state index is 11.4. The predicted octanol–water partition coefficient (Wildman–Crippen LogP) is 2.58. The molecule has 6 heteroatoms. The average Bonchev–Trinajstić information content (AvgIpc) is 2.29. The second kappa shape index (κ2) is 6.62. The second-order valence-electron chi connectivity index (χ2n) is 3.65. The van der Waals surface area contributed by atoms with E-state index in [0.717, 1.165) is 0 Å². The van der Waals surface area contributed by atoms with E-state index in [-0.39, 0.29) is 11.8 Å². The molecule has 0 fully saturated rings. The Hall–Kier alpha value is -2.06. The Kier molecular flexibility index (Phi) is 5.15. The number of carbonyl (C=O) groups excluding carboxylic acids is 1. The minimum absolute atomic E-state index is 0.304. The van der Waals surface area contributed by atoms with Gasteiger partial charge in [0.05, 0.1) is 11.8 Å². The summed E-state index contributed by atoms with van der Waals surface area (Å²) in [5.74, 6) is -0.762. The van der Waals surface area contributed by atoms with Gasteiger partial charge in [-0.05, 0) is 32.0 Å². The summed E-state index contributed by atoms with van der Waals surface area (Å²) in [5, 5.41) is 13.0. The quantitative estimate of drug-likeness (QED) is 0.516. The molecule has 1 aromatic rings. The van der Waals surface area contributed by atoms with E-state index in [1.165, 1.54) is 0 Å². The highest BCUT2D eigenvalue weighted by molar-refractivity contribution is 6.43. The van der Waals surface area contributed by atoms with Gasteiger partial charge in [-0.15, -0.1) is 0 Å². The number of nitriles is 1. The van der Waals surface area contributed by atoms with Crippen LogP contribution in [0.25, 0.3) is 0 Å². The molecule has 0 atom stereocenters. The van der Waals surface area contributed by atoms with Crippen LogP contribution in [0.3, 0.4) is 0 Å². The van der Waals surface area contributed by atoms with E-state index in [9.17, 15) is 4.79 Å². The third-order valence-corrected chi connectivity index (χ3v) is 2.00. The zero-order valence-corrected chi connectivity index (χ0v) is 10.7. The van der Waals surface area contributed by atoms with Crippen molar-refractivity contribution in [3.05, 3.63) is 29.3 Å². The van der Waals surface area contributed by atoms with Crippen LogP contribution >= 0.6 is 11.6 Å². The number of halogens is 1. The van der Waals surface area contributed by atoms with Crippen molar-refractivity contribution in [3.8, 4) is 6.07 Å². The van der Waals surface area contributed by atoms with Gasteiger partial charge in [0, 0.05) is 5.02 Å². The topological polar surface area (TPSA) is 74.5 Å². The number of rotatable bonds is 4. The van der Waals surface area contributed by atoms with Crippen molar-refractivity contribution in [3.63, 3.8) is 0 Å². The van der Waals surface area contributed by atoms with Crippen molar-refractivity contribution in [2.75, 3.05) is 5.43 Å². The van der Waals surface area contributed by atoms with Gasteiger partial charge in [0.1, 0.15) is 6.07 Å². The van der Waals surface area contributed by atoms with Crippen LogP contribution in [0.1, 0.15) is 13.8 Å². The number of hydrazone groups is 1. The number of hydrogen-bond acceptors (Lipinski definition) is 5. The Balaban J connectivity index is 2.75. The van der Waals surface area contributed by atoms with E-state index in [1.54, 1.807) is 44.2 Å². The summed E-state index contributed by atoms with van der Waals surface area (Å²) in [6, 6.07) is 8.42. The van der Waals surface area contributed by atoms with E-state index in [0.29, 0.717) is 10.7 Å². The summed E-state index contributed by atoms with van der Waals surface area (Å²) in [6.07, 6.45) is -0.304. The van der Waals surface area contributed by atoms with Gasteiger partial charge in [0.2, 0.25) is 5.71 Å². The molecule has 5 nitrogen and oxygen atoms in total. The summed E-state index contributed by atoms with van der Waals surface area (Å²) in [5.41, 5.74) is 2.80. The lowest BCUT2D eigenvalue weighted by molar-refractivity contribution is -0.138. The molecule has 1 rings (SSSR count). The lowest BCUT2D eigenvalue weighted by Gasteiger charge is -2.06. The summed E-state index contributed by atoms with van der Waals surface area (Å²) >= 11 is 5.78. The SMILES string of the molecule is CC(C)OC(=O)/C(C#N)=N\Nc1cccc(Cl)c1. The molecule has 0 saturated carbocycles. The minimum Gasteiger partial charge on any atom is -0.458 e. The molecule has 0 aromatic heterocycles. The molecule has 0 heterocycles. The van der Waals surface area contributed by atoms with Crippen LogP contribution < -0.4 is 5.43 Å². The van der Waals surface area contributed by atoms with Crippen LogP contribution in [0.2, 0.25) is 5.02 Å². The third kappa shape index (κ3) is 4.44. The molecule has 0 aliphatic heterocycles. The Bertz CT molecular complexity index is 506. The molecular formula is C12H12ClN3O2. The normalized spacial score (nSPS) is 10.9. The first-order chi connectivity index (χ1) is 8.52. The minimum atomic E-state index is -0.762. The summed E-state index contributed by atoms with van der Waals surface area (Å²) in [6.45, 7) is 3.38. The highest BCUT2D eigenvalue weighted by Gasteiger charge is 2.14. The largest absolute Gasteiger partial charge is 0.458 e. The van der Waals surface area contributed by atoms with Gasteiger partial charge in [0.25, 0.3) is 0 Å². The smallest absolute Gasteiger partial charge is 0.370 e. The summed E-state index contributed by atoms with van der Waals surface area (Å²) in [7, 11) is 0. The first kappa shape index (κ1) is 14.0. The van der Waals surface area contributed by atoms with Gasteiger partial charge in [-0.2, -0.15) is 10.4 Å². The monoisotopic (exact) mass is 265 g/mol. The number of hydrogen-bond donors (Lipinski definition) is 1. The zero-order valence-electron chi connectivity index (χ0n) is 9.98. The third-order valence-electron chi connectivity index (χ3n) is 1.76. The Labute approximate surface area is 110 Å². The van der Waals surface area contributed by atoms with E-state index < -0.39 is 5.97 Å². The number of ether oxygens (including phenoxy) is 1. The fourth-order valence-corrected chi connectivity index (χ4v) is 1.25. The van der Waals surface area contributed by atoms with Gasteiger partial charge < -0.3 is 4.74 Å². The molecule has 0 saturated heterocycles. The van der Waals surface area contributed by atoms with E-state index in [2.05, 4.69) is 10.5 Å². The standard InChI is InChI=1S/C12H12ClN3O2/c1-8(2)18-12(17)11(7-14)16-15-10-5-3-4-9(13)6-10/h3-6,8,15H,1-2H3/b16-11-. The fraction of sp³-hybridized carbons (Fsp3) is 0.250. The first-order valence-corrected chi connectivity index (χ1v) is 5.61. The Morgan fingerprint density at radius 1 is 1.56 bits per heavy atom. The molecule has 0 spiro atoms. The summed E-state index contributed by atoms with van der Waals surface area (Å²) < 4.78 is 4.86. The molecule has 0 aliphatic rings. The lowest BCUT2D eigenvalue weighted by atomic mass is 10.3. The van der Waals surface area contributed by atoms with Crippen molar-refractivity contribution in [2.24, 2.45) is 5.10 Å². The van der Waals surface area contributed by atoms with Crippen molar-refractivity contribution in [1.29, 1.82) is 5.26 Å². The van der Waals surface area contributed by atoms with E-state index in [4.69, 9.17) is 21.6 Å². The van der Waals surface area contributed by atoms with Gasteiger partial charge in [-0.3, -0.25) is 5.43 Å². The maximum absolute atomic E-state index is 11.4. The van der Waals surface area contributed by atoms with E-state index >= 15 is 0 Å². The molecule has 1 aromatic carbocycles. The van der Waals surface area contributed by atoms with E-state index in [1.807, 2.05) is 0 Å². The fourth-order valence-electron chi connectivity index (χ4n) is 1.06. The predicted molar refractivity (Wildman–Crippen MR) is 69.4 cm³/mol. The van der Waals surface area contributed by atoms with Gasteiger partial charge in [-0.25, -0.2) is 4.79 Å². The number of nitrogens with zero attached hydrogens (tertiary/aromatic N) is 2. The Morgan fingerprint density at radius 3 is 2.83 bits per heavy atom. The lowest BCUT2D eigenvalue weighted by Crippen LogP contribution is -2.20. The number of carbonyl (C=O) groups is 1. The van der Waals surface area contributed by atoms with Crippen LogP contribution in [0.15, 0.2) is 29.4 Å².